The number of aromatic nitrogens is 2. The van der Waals surface area contributed by atoms with Crippen molar-refractivity contribution in [2.24, 2.45) is 0 Å². The Morgan fingerprint density at radius 1 is 1.33 bits per heavy atom. The molecule has 2 aromatic heterocycles. The van der Waals surface area contributed by atoms with Crippen LogP contribution in [0.3, 0.4) is 0 Å². The molecule has 3 rings (SSSR count). The van der Waals surface area contributed by atoms with Gasteiger partial charge in [0.1, 0.15) is 17.2 Å². The average Bonchev–Trinajstić information content (AvgIpc) is 3.14. The average molecular weight is 289 g/mol. The second kappa shape index (κ2) is 5.35. The molecule has 3 heterocycles. The molecular weight excluding hydrogens is 270 g/mol. The van der Waals surface area contributed by atoms with E-state index in [1.807, 2.05) is 31.7 Å². The van der Waals surface area contributed by atoms with Crippen LogP contribution in [-0.4, -0.2) is 27.7 Å². The first-order chi connectivity index (χ1) is 10.1. The van der Waals surface area contributed by atoms with Gasteiger partial charge in [-0.05, 0) is 33.6 Å². The van der Waals surface area contributed by atoms with E-state index in [2.05, 4.69) is 10.3 Å². The van der Waals surface area contributed by atoms with Crippen LogP contribution in [0.4, 0.5) is 0 Å². The maximum Gasteiger partial charge on any atom is 0.227 e. The topological polar surface area (TPSA) is 72.4 Å². The lowest BCUT2D eigenvalue weighted by atomic mass is 10.1. The van der Waals surface area contributed by atoms with E-state index in [0.29, 0.717) is 12.2 Å². The largest absolute Gasteiger partial charge is 0.361 e. The van der Waals surface area contributed by atoms with Crippen molar-refractivity contribution in [3.8, 4) is 0 Å². The minimum atomic E-state index is 0.0235. The third-order valence-corrected chi connectivity index (χ3v) is 4.07. The summed E-state index contributed by atoms with van der Waals surface area (Å²) >= 11 is 0. The number of hydrogen-bond acceptors (Lipinski definition) is 5. The minimum absolute atomic E-state index is 0.0235. The molecule has 1 aliphatic heterocycles. The number of carbonyl (C=O) groups is 1. The molecule has 0 aromatic carbocycles. The summed E-state index contributed by atoms with van der Waals surface area (Å²) < 4.78 is 10.3. The highest BCUT2D eigenvalue weighted by Gasteiger charge is 2.32. The normalized spacial score (nSPS) is 18.4. The van der Waals surface area contributed by atoms with Crippen LogP contribution in [-0.2, 0) is 11.2 Å². The first-order valence-electron chi connectivity index (χ1n) is 7.20. The lowest BCUT2D eigenvalue weighted by Gasteiger charge is -2.23. The summed E-state index contributed by atoms with van der Waals surface area (Å²) in [4.78, 5) is 14.5. The zero-order valence-electron chi connectivity index (χ0n) is 12.5. The Balaban J connectivity index is 1.77. The molecule has 112 valence electrons. The first-order valence-corrected chi connectivity index (χ1v) is 7.20. The van der Waals surface area contributed by atoms with E-state index in [-0.39, 0.29) is 11.9 Å². The summed E-state index contributed by atoms with van der Waals surface area (Å²) in [6.45, 7) is 6.33. The van der Waals surface area contributed by atoms with Crippen LogP contribution in [0, 0.1) is 20.8 Å². The number of aryl methyl sites for hydroxylation is 3. The van der Waals surface area contributed by atoms with Gasteiger partial charge in [0.2, 0.25) is 5.91 Å². The van der Waals surface area contributed by atoms with Crippen molar-refractivity contribution >= 4 is 5.91 Å². The van der Waals surface area contributed by atoms with Gasteiger partial charge in [0.25, 0.3) is 0 Å². The fraction of sp³-hybridized carbons (Fsp3) is 0.533. The zero-order chi connectivity index (χ0) is 15.0. The Hall–Kier alpha value is -2.11. The Labute approximate surface area is 123 Å². The van der Waals surface area contributed by atoms with Crippen LogP contribution in [0.15, 0.2) is 15.1 Å². The van der Waals surface area contributed by atoms with Crippen LogP contribution >= 0.6 is 0 Å². The van der Waals surface area contributed by atoms with Gasteiger partial charge in [-0.1, -0.05) is 10.3 Å². The van der Waals surface area contributed by atoms with Crippen molar-refractivity contribution < 1.29 is 13.8 Å². The van der Waals surface area contributed by atoms with Crippen molar-refractivity contribution in [1.29, 1.82) is 0 Å². The van der Waals surface area contributed by atoms with Crippen molar-refractivity contribution in [2.45, 2.75) is 46.1 Å². The maximum absolute atomic E-state index is 12.6. The van der Waals surface area contributed by atoms with E-state index < -0.39 is 0 Å². The van der Waals surface area contributed by atoms with Crippen molar-refractivity contribution in [3.63, 3.8) is 0 Å². The molecule has 6 nitrogen and oxygen atoms in total. The summed E-state index contributed by atoms with van der Waals surface area (Å²) in [7, 11) is 0. The highest BCUT2D eigenvalue weighted by Crippen LogP contribution is 2.32. The second-order valence-electron chi connectivity index (χ2n) is 5.59. The van der Waals surface area contributed by atoms with Crippen LogP contribution < -0.4 is 0 Å². The molecule has 0 N–H and O–H groups in total. The monoisotopic (exact) mass is 289 g/mol. The summed E-state index contributed by atoms with van der Waals surface area (Å²) in [5, 5.41) is 7.97. The quantitative estimate of drug-likeness (QED) is 0.868. The van der Waals surface area contributed by atoms with Crippen LogP contribution in [0.2, 0.25) is 0 Å². The van der Waals surface area contributed by atoms with E-state index in [0.717, 1.165) is 42.1 Å². The molecule has 0 radical (unpaired) electrons. The van der Waals surface area contributed by atoms with Gasteiger partial charge in [0.15, 0.2) is 0 Å². The van der Waals surface area contributed by atoms with Gasteiger partial charge < -0.3 is 13.9 Å². The molecule has 1 atom stereocenters. The maximum atomic E-state index is 12.6. The number of rotatable bonds is 3. The lowest BCUT2D eigenvalue weighted by molar-refractivity contribution is -0.131. The van der Waals surface area contributed by atoms with Gasteiger partial charge in [0, 0.05) is 18.2 Å². The lowest BCUT2D eigenvalue weighted by Crippen LogP contribution is -2.32. The molecular formula is C15H19N3O3. The van der Waals surface area contributed by atoms with E-state index in [4.69, 9.17) is 9.05 Å². The van der Waals surface area contributed by atoms with E-state index in [9.17, 15) is 4.79 Å². The molecule has 0 spiro atoms. The molecule has 2 aromatic rings. The highest BCUT2D eigenvalue weighted by atomic mass is 16.5. The number of nitrogens with zero attached hydrogens (tertiary/aromatic N) is 3. The van der Waals surface area contributed by atoms with Crippen molar-refractivity contribution in [3.05, 3.63) is 34.5 Å². The minimum Gasteiger partial charge on any atom is -0.361 e. The predicted octanol–water partition coefficient (Wildman–Crippen LogP) is 2.49. The van der Waals surface area contributed by atoms with Crippen molar-refractivity contribution in [1.82, 2.24) is 15.2 Å². The SMILES string of the molecule is Cc1cc([C@H]2CCCN2C(=O)Cc2c(C)noc2C)no1. The van der Waals surface area contributed by atoms with Gasteiger partial charge in [0.05, 0.1) is 18.2 Å². The molecule has 1 aliphatic rings. The molecule has 1 fully saturated rings. The van der Waals surface area contributed by atoms with Gasteiger partial charge in [-0.2, -0.15) is 0 Å². The standard InChI is InChI=1S/C15H19N3O3/c1-9-7-13(17-20-9)14-5-4-6-18(14)15(19)8-12-10(2)16-21-11(12)3/h7,14H,4-6,8H2,1-3H3/t14-/m1/s1. The number of carbonyl (C=O) groups excluding carboxylic acids is 1. The summed E-state index contributed by atoms with van der Waals surface area (Å²) in [6.07, 6.45) is 2.25. The predicted molar refractivity (Wildman–Crippen MR) is 74.6 cm³/mol. The summed E-state index contributed by atoms with van der Waals surface area (Å²) in [6, 6.07) is 1.93. The Kier molecular flexibility index (Phi) is 3.53. The molecule has 0 bridgehead atoms. The summed E-state index contributed by atoms with van der Waals surface area (Å²) in [5.41, 5.74) is 2.52. The molecule has 1 amide bonds. The number of likely N-dealkylation sites (tertiary alicyclic amines) is 1. The van der Waals surface area contributed by atoms with Crippen LogP contribution in [0.1, 0.15) is 47.4 Å². The molecule has 6 heteroatoms. The fourth-order valence-corrected chi connectivity index (χ4v) is 2.92. The van der Waals surface area contributed by atoms with Gasteiger partial charge in [-0.15, -0.1) is 0 Å². The van der Waals surface area contributed by atoms with Gasteiger partial charge in [-0.3, -0.25) is 4.79 Å². The van der Waals surface area contributed by atoms with Crippen LogP contribution in [0.5, 0.6) is 0 Å². The van der Waals surface area contributed by atoms with Gasteiger partial charge in [-0.25, -0.2) is 0 Å². The number of amides is 1. The zero-order valence-corrected chi connectivity index (χ0v) is 12.5. The molecule has 21 heavy (non-hydrogen) atoms. The Morgan fingerprint density at radius 2 is 2.14 bits per heavy atom. The van der Waals surface area contributed by atoms with Gasteiger partial charge >= 0.3 is 0 Å². The highest BCUT2D eigenvalue weighted by molar-refractivity contribution is 5.80. The fourth-order valence-electron chi connectivity index (χ4n) is 2.92. The molecule has 0 saturated carbocycles. The smallest absolute Gasteiger partial charge is 0.227 e. The molecule has 0 aliphatic carbocycles. The third-order valence-electron chi connectivity index (χ3n) is 4.07. The summed E-state index contributed by atoms with van der Waals surface area (Å²) in [5.74, 6) is 1.58. The first kappa shape index (κ1) is 13.9. The van der Waals surface area contributed by atoms with E-state index in [1.165, 1.54) is 0 Å². The van der Waals surface area contributed by atoms with Crippen molar-refractivity contribution in [2.75, 3.05) is 6.54 Å². The Morgan fingerprint density at radius 3 is 2.76 bits per heavy atom. The number of hydrogen-bond donors (Lipinski definition) is 0. The van der Waals surface area contributed by atoms with E-state index in [1.54, 1.807) is 0 Å². The van der Waals surface area contributed by atoms with E-state index >= 15 is 0 Å². The van der Waals surface area contributed by atoms with Crippen LogP contribution in [0.25, 0.3) is 0 Å². The molecule has 1 saturated heterocycles. The molecule has 0 unspecified atom stereocenters. The third kappa shape index (κ3) is 2.57. The Bertz CT molecular complexity index is 639. The second-order valence-corrected chi connectivity index (χ2v) is 5.59.